The topological polar surface area (TPSA) is 60.2 Å². The van der Waals surface area contributed by atoms with Crippen LogP contribution in [-0.2, 0) is 6.18 Å². The highest BCUT2D eigenvalue weighted by Gasteiger charge is 2.30. The summed E-state index contributed by atoms with van der Waals surface area (Å²) >= 11 is 12.1. The first kappa shape index (κ1) is 21.9. The zero-order valence-electron chi connectivity index (χ0n) is 15.5. The Kier molecular flexibility index (Phi) is 6.52. The molecule has 1 aromatic carbocycles. The van der Waals surface area contributed by atoms with Gasteiger partial charge >= 0.3 is 6.18 Å². The van der Waals surface area contributed by atoms with Gasteiger partial charge in [0.1, 0.15) is 17.4 Å². The summed E-state index contributed by atoms with van der Waals surface area (Å²) < 4.78 is 44.5. The molecule has 0 bridgehead atoms. The van der Waals surface area contributed by atoms with E-state index in [4.69, 9.17) is 27.9 Å². The molecule has 0 fully saturated rings. The highest BCUT2D eigenvalue weighted by molar-refractivity contribution is 6.33. The van der Waals surface area contributed by atoms with Crippen LogP contribution in [0.4, 0.5) is 18.9 Å². The maximum Gasteiger partial charge on any atom is 0.417 e. The SMILES string of the molecule is CN(CCOc1cccc(Cl)c1)c1cnn(-c2ccc(C(F)(F)F)cn2)c(=O)c1Cl. The van der Waals surface area contributed by atoms with Gasteiger partial charge in [0.15, 0.2) is 5.82 Å². The van der Waals surface area contributed by atoms with E-state index in [1.54, 1.807) is 36.2 Å². The van der Waals surface area contributed by atoms with Crippen molar-refractivity contribution in [1.29, 1.82) is 0 Å². The molecule has 0 amide bonds. The van der Waals surface area contributed by atoms with Crippen LogP contribution in [-0.4, -0.2) is 35.0 Å². The van der Waals surface area contributed by atoms with Gasteiger partial charge in [-0.15, -0.1) is 0 Å². The molecule has 6 nitrogen and oxygen atoms in total. The molecule has 0 aliphatic heterocycles. The van der Waals surface area contributed by atoms with Crippen LogP contribution < -0.4 is 15.2 Å². The number of halogens is 5. The molecule has 30 heavy (non-hydrogen) atoms. The molecule has 0 unspecified atom stereocenters. The van der Waals surface area contributed by atoms with Crippen molar-refractivity contribution in [2.75, 3.05) is 25.1 Å². The Labute approximate surface area is 179 Å². The lowest BCUT2D eigenvalue weighted by Crippen LogP contribution is -2.29. The van der Waals surface area contributed by atoms with Crippen molar-refractivity contribution in [3.05, 3.63) is 74.8 Å². The van der Waals surface area contributed by atoms with Crippen molar-refractivity contribution in [2.24, 2.45) is 0 Å². The van der Waals surface area contributed by atoms with Gasteiger partial charge in [-0.25, -0.2) is 4.98 Å². The summed E-state index contributed by atoms with van der Waals surface area (Å²) in [4.78, 5) is 17.9. The minimum Gasteiger partial charge on any atom is -0.492 e. The van der Waals surface area contributed by atoms with E-state index in [1.807, 2.05) is 0 Å². The summed E-state index contributed by atoms with van der Waals surface area (Å²) in [6.07, 6.45) is -2.56. The molecule has 158 valence electrons. The van der Waals surface area contributed by atoms with Crippen LogP contribution in [0.2, 0.25) is 10.0 Å². The van der Waals surface area contributed by atoms with E-state index >= 15 is 0 Å². The third-order valence-electron chi connectivity index (χ3n) is 4.10. The second-order valence-corrected chi connectivity index (χ2v) is 7.01. The van der Waals surface area contributed by atoms with E-state index < -0.39 is 17.3 Å². The van der Waals surface area contributed by atoms with Gasteiger partial charge in [0.2, 0.25) is 0 Å². The van der Waals surface area contributed by atoms with E-state index in [2.05, 4.69) is 10.1 Å². The first-order valence-electron chi connectivity index (χ1n) is 8.58. The molecule has 11 heteroatoms. The van der Waals surface area contributed by atoms with Crippen molar-refractivity contribution in [1.82, 2.24) is 14.8 Å². The number of likely N-dealkylation sites (N-methyl/N-ethyl adjacent to an activating group) is 1. The van der Waals surface area contributed by atoms with Crippen molar-refractivity contribution in [3.8, 4) is 11.6 Å². The molecule has 2 heterocycles. The van der Waals surface area contributed by atoms with Crippen LogP contribution in [0.5, 0.6) is 5.75 Å². The van der Waals surface area contributed by atoms with Crippen molar-refractivity contribution < 1.29 is 17.9 Å². The fourth-order valence-electron chi connectivity index (χ4n) is 2.51. The minimum atomic E-state index is -4.53. The monoisotopic (exact) mass is 458 g/mol. The number of hydrogen-bond acceptors (Lipinski definition) is 5. The Morgan fingerprint density at radius 1 is 1.17 bits per heavy atom. The summed E-state index contributed by atoms with van der Waals surface area (Å²) in [6, 6.07) is 8.80. The van der Waals surface area contributed by atoms with Crippen LogP contribution in [0.3, 0.4) is 0 Å². The van der Waals surface area contributed by atoms with Crippen LogP contribution in [0.25, 0.3) is 5.82 Å². The number of aromatic nitrogens is 3. The normalized spacial score (nSPS) is 11.4. The second-order valence-electron chi connectivity index (χ2n) is 6.19. The van der Waals surface area contributed by atoms with Crippen molar-refractivity contribution in [2.45, 2.75) is 6.18 Å². The summed E-state index contributed by atoms with van der Waals surface area (Å²) in [5.74, 6) is 0.525. The molecule has 0 aliphatic rings. The van der Waals surface area contributed by atoms with Crippen LogP contribution in [0.15, 0.2) is 53.6 Å². The number of nitrogens with zero attached hydrogens (tertiary/aromatic N) is 4. The average Bonchev–Trinajstić information content (AvgIpc) is 2.69. The molecule has 3 rings (SSSR count). The Balaban J connectivity index is 1.73. The lowest BCUT2D eigenvalue weighted by atomic mass is 10.3. The van der Waals surface area contributed by atoms with Gasteiger partial charge in [0.25, 0.3) is 5.56 Å². The van der Waals surface area contributed by atoms with Crippen LogP contribution in [0, 0.1) is 0 Å². The van der Waals surface area contributed by atoms with Gasteiger partial charge in [-0.1, -0.05) is 29.3 Å². The predicted octanol–water partition coefficient (Wildman–Crippen LogP) is 4.47. The second kappa shape index (κ2) is 8.93. The number of alkyl halides is 3. The van der Waals surface area contributed by atoms with Gasteiger partial charge < -0.3 is 9.64 Å². The summed E-state index contributed by atoms with van der Waals surface area (Å²) in [7, 11) is 1.70. The quantitative estimate of drug-likeness (QED) is 0.545. The molecule has 2 aromatic heterocycles. The standard InChI is InChI=1S/C19H15Cl2F3N4O2/c1-27(7-8-30-14-4-2-3-13(20)9-14)15-11-26-28(18(29)17(15)21)16-6-5-12(10-25-16)19(22,23)24/h2-6,9-11H,7-8H2,1H3. The zero-order valence-corrected chi connectivity index (χ0v) is 17.0. The first-order valence-corrected chi connectivity index (χ1v) is 9.33. The number of benzene rings is 1. The van der Waals surface area contributed by atoms with Crippen molar-refractivity contribution in [3.63, 3.8) is 0 Å². The summed E-state index contributed by atoms with van der Waals surface area (Å²) in [6.45, 7) is 0.673. The average molecular weight is 459 g/mol. The van der Waals surface area contributed by atoms with E-state index in [-0.39, 0.29) is 17.4 Å². The molecular weight excluding hydrogens is 444 g/mol. The van der Waals surface area contributed by atoms with Crippen LogP contribution in [0.1, 0.15) is 5.56 Å². The Bertz CT molecular complexity index is 1090. The van der Waals surface area contributed by atoms with Gasteiger partial charge in [0.05, 0.1) is 24.0 Å². The molecule has 0 radical (unpaired) electrons. The smallest absolute Gasteiger partial charge is 0.417 e. The van der Waals surface area contributed by atoms with E-state index in [0.29, 0.717) is 29.2 Å². The number of hydrogen-bond donors (Lipinski definition) is 0. The molecule has 3 aromatic rings. The maximum absolute atomic E-state index is 12.7. The molecule has 0 atom stereocenters. The molecule has 0 saturated heterocycles. The molecular formula is C19H15Cl2F3N4O2. The fraction of sp³-hybridized carbons (Fsp3) is 0.211. The van der Waals surface area contributed by atoms with E-state index in [9.17, 15) is 18.0 Å². The molecule has 0 spiro atoms. The summed E-state index contributed by atoms with van der Waals surface area (Å²) in [5.41, 5.74) is -1.29. The highest BCUT2D eigenvalue weighted by atomic mass is 35.5. The van der Waals surface area contributed by atoms with E-state index in [1.165, 1.54) is 6.20 Å². The Hall–Kier alpha value is -2.78. The first-order chi connectivity index (χ1) is 14.2. The number of pyridine rings is 1. The molecule has 0 saturated carbocycles. The molecule has 0 N–H and O–H groups in total. The largest absolute Gasteiger partial charge is 0.492 e. The fourth-order valence-corrected chi connectivity index (χ4v) is 2.96. The zero-order chi connectivity index (χ0) is 21.9. The lowest BCUT2D eigenvalue weighted by molar-refractivity contribution is -0.137. The number of ether oxygens (including phenoxy) is 1. The van der Waals surface area contributed by atoms with Gasteiger partial charge in [-0.2, -0.15) is 23.0 Å². The molecule has 0 aliphatic carbocycles. The number of anilines is 1. The van der Waals surface area contributed by atoms with E-state index in [0.717, 1.165) is 16.8 Å². The predicted molar refractivity (Wildman–Crippen MR) is 108 cm³/mol. The highest BCUT2D eigenvalue weighted by Crippen LogP contribution is 2.28. The van der Waals surface area contributed by atoms with Gasteiger partial charge in [-0.3, -0.25) is 4.79 Å². The minimum absolute atomic E-state index is 0.0756. The van der Waals surface area contributed by atoms with Gasteiger partial charge in [0, 0.05) is 18.3 Å². The summed E-state index contributed by atoms with van der Waals surface area (Å²) in [5, 5.41) is 4.38. The van der Waals surface area contributed by atoms with Gasteiger partial charge in [-0.05, 0) is 30.3 Å². The Morgan fingerprint density at radius 3 is 2.57 bits per heavy atom. The third-order valence-corrected chi connectivity index (χ3v) is 4.69. The van der Waals surface area contributed by atoms with Crippen molar-refractivity contribution >= 4 is 28.9 Å². The lowest BCUT2D eigenvalue weighted by Gasteiger charge is -2.20. The maximum atomic E-state index is 12.7. The Morgan fingerprint density at radius 2 is 1.93 bits per heavy atom. The van der Waals surface area contributed by atoms with Crippen LogP contribution >= 0.6 is 23.2 Å². The third kappa shape index (κ3) is 5.03. The number of rotatable bonds is 6.